The summed E-state index contributed by atoms with van der Waals surface area (Å²) in [5.41, 5.74) is 5.00. The number of halogens is 2. The van der Waals surface area contributed by atoms with Gasteiger partial charge in [-0.15, -0.1) is 0 Å². The van der Waals surface area contributed by atoms with Crippen molar-refractivity contribution in [2.75, 3.05) is 6.54 Å². The number of hydrogen-bond donors (Lipinski definition) is 2. The molecule has 20 heavy (non-hydrogen) atoms. The van der Waals surface area contributed by atoms with Crippen LogP contribution in [0, 0.1) is 0 Å². The van der Waals surface area contributed by atoms with Crippen LogP contribution in [0.2, 0.25) is 10.0 Å². The second-order valence-corrected chi connectivity index (χ2v) is 5.01. The van der Waals surface area contributed by atoms with Crippen LogP contribution in [0.4, 0.5) is 0 Å². The monoisotopic (exact) mass is 318 g/mol. The van der Waals surface area contributed by atoms with Gasteiger partial charge in [0.2, 0.25) is 5.91 Å². The Morgan fingerprint density at radius 3 is 2.65 bits per heavy atom. The molecule has 1 unspecified atom stereocenters. The van der Waals surface area contributed by atoms with Crippen molar-refractivity contribution in [2.24, 2.45) is 5.73 Å². The molecule has 0 fully saturated rings. The molecule has 0 aliphatic heterocycles. The van der Waals surface area contributed by atoms with Gasteiger partial charge < -0.3 is 15.8 Å². The molecule has 1 atom stereocenters. The Morgan fingerprint density at radius 2 is 2.05 bits per heavy atom. The predicted octanol–water partition coefficient (Wildman–Crippen LogP) is 2.14. The lowest BCUT2D eigenvalue weighted by atomic mass is 10.3. The Morgan fingerprint density at radius 1 is 1.35 bits per heavy atom. The second kappa shape index (κ2) is 7.97. The van der Waals surface area contributed by atoms with E-state index in [0.717, 1.165) is 0 Å². The van der Waals surface area contributed by atoms with Gasteiger partial charge in [0.15, 0.2) is 6.10 Å². The average Bonchev–Trinajstić information content (AvgIpc) is 2.38. The number of benzene rings is 1. The normalized spacial score (nSPS) is 11.8. The quantitative estimate of drug-likeness (QED) is 0.756. The third-order valence-electron chi connectivity index (χ3n) is 2.47. The molecule has 0 radical (unpaired) electrons. The molecule has 0 saturated carbocycles. The van der Waals surface area contributed by atoms with Crippen LogP contribution in [0.5, 0.6) is 5.75 Å². The number of amides is 2. The summed E-state index contributed by atoms with van der Waals surface area (Å²) < 4.78 is 5.44. The first-order chi connectivity index (χ1) is 9.40. The largest absolute Gasteiger partial charge is 0.481 e. The lowest BCUT2D eigenvalue weighted by Gasteiger charge is -2.15. The van der Waals surface area contributed by atoms with Crippen LogP contribution in [0.3, 0.4) is 0 Å². The minimum atomic E-state index is -0.680. The molecular weight excluding hydrogens is 303 g/mol. The highest BCUT2D eigenvalue weighted by Gasteiger charge is 2.14. The average molecular weight is 319 g/mol. The van der Waals surface area contributed by atoms with E-state index in [0.29, 0.717) is 28.8 Å². The molecule has 1 rings (SSSR count). The number of carbonyl (C=O) groups is 2. The topological polar surface area (TPSA) is 81.4 Å². The van der Waals surface area contributed by atoms with E-state index < -0.39 is 6.10 Å². The summed E-state index contributed by atoms with van der Waals surface area (Å²) in [6.45, 7) is 1.99. The third kappa shape index (κ3) is 5.67. The van der Waals surface area contributed by atoms with Crippen molar-refractivity contribution in [3.05, 3.63) is 28.2 Å². The second-order valence-electron chi connectivity index (χ2n) is 4.20. The standard InChI is InChI=1S/C13H16Cl2N2O3/c1-8(13(19)17-6-2-3-12(16)18)20-9-4-5-10(14)11(15)7-9/h4-5,7-8H,2-3,6H2,1H3,(H2,16,18)(H,17,19). The van der Waals surface area contributed by atoms with E-state index in [1.54, 1.807) is 25.1 Å². The Labute approximate surface area is 127 Å². The van der Waals surface area contributed by atoms with E-state index in [-0.39, 0.29) is 18.2 Å². The van der Waals surface area contributed by atoms with Gasteiger partial charge in [0.05, 0.1) is 10.0 Å². The molecule has 1 aromatic carbocycles. The Bertz CT molecular complexity index is 495. The molecule has 5 nitrogen and oxygen atoms in total. The van der Waals surface area contributed by atoms with Crippen molar-refractivity contribution in [3.8, 4) is 5.75 Å². The summed E-state index contributed by atoms with van der Waals surface area (Å²) >= 11 is 11.6. The summed E-state index contributed by atoms with van der Waals surface area (Å²) in [6, 6.07) is 4.77. The SMILES string of the molecule is CC(Oc1ccc(Cl)c(Cl)c1)C(=O)NCCCC(N)=O. The number of ether oxygens (including phenoxy) is 1. The van der Waals surface area contributed by atoms with Crippen LogP contribution in [-0.4, -0.2) is 24.5 Å². The highest BCUT2D eigenvalue weighted by Crippen LogP contribution is 2.26. The summed E-state index contributed by atoms with van der Waals surface area (Å²) in [5, 5.41) is 3.43. The summed E-state index contributed by atoms with van der Waals surface area (Å²) in [6.07, 6.45) is 0.0592. The maximum Gasteiger partial charge on any atom is 0.260 e. The number of hydrogen-bond acceptors (Lipinski definition) is 3. The van der Waals surface area contributed by atoms with Gasteiger partial charge in [-0.1, -0.05) is 23.2 Å². The summed E-state index contributed by atoms with van der Waals surface area (Å²) in [4.78, 5) is 22.3. The highest BCUT2D eigenvalue weighted by atomic mass is 35.5. The van der Waals surface area contributed by atoms with Gasteiger partial charge in [0.25, 0.3) is 5.91 Å². The van der Waals surface area contributed by atoms with Crippen LogP contribution >= 0.6 is 23.2 Å². The Hall–Kier alpha value is -1.46. The Kier molecular flexibility index (Phi) is 6.61. The summed E-state index contributed by atoms with van der Waals surface area (Å²) in [7, 11) is 0. The van der Waals surface area contributed by atoms with Gasteiger partial charge in [-0.2, -0.15) is 0 Å². The van der Waals surface area contributed by atoms with Gasteiger partial charge in [-0.05, 0) is 25.5 Å². The van der Waals surface area contributed by atoms with E-state index >= 15 is 0 Å². The van der Waals surface area contributed by atoms with Crippen molar-refractivity contribution >= 4 is 35.0 Å². The first-order valence-corrected chi connectivity index (χ1v) is 6.83. The molecule has 2 amide bonds. The maximum absolute atomic E-state index is 11.7. The van der Waals surface area contributed by atoms with Crippen LogP contribution in [0.25, 0.3) is 0 Å². The number of nitrogens with two attached hydrogens (primary N) is 1. The van der Waals surface area contributed by atoms with Gasteiger partial charge in [-0.3, -0.25) is 9.59 Å². The first-order valence-electron chi connectivity index (χ1n) is 6.08. The van der Waals surface area contributed by atoms with Crippen molar-refractivity contribution in [1.29, 1.82) is 0 Å². The molecule has 1 aromatic rings. The van der Waals surface area contributed by atoms with Crippen LogP contribution < -0.4 is 15.8 Å². The highest BCUT2D eigenvalue weighted by molar-refractivity contribution is 6.42. The molecular formula is C13H16Cl2N2O3. The molecule has 7 heteroatoms. The zero-order chi connectivity index (χ0) is 15.1. The van der Waals surface area contributed by atoms with E-state index in [9.17, 15) is 9.59 Å². The summed E-state index contributed by atoms with van der Waals surface area (Å²) in [5.74, 6) is -0.209. The first kappa shape index (κ1) is 16.6. The van der Waals surface area contributed by atoms with Crippen molar-refractivity contribution in [2.45, 2.75) is 25.9 Å². The van der Waals surface area contributed by atoms with E-state index in [1.165, 1.54) is 0 Å². The zero-order valence-electron chi connectivity index (χ0n) is 11.0. The lowest BCUT2D eigenvalue weighted by molar-refractivity contribution is -0.127. The smallest absolute Gasteiger partial charge is 0.260 e. The fraction of sp³-hybridized carbons (Fsp3) is 0.385. The predicted molar refractivity (Wildman–Crippen MR) is 78.0 cm³/mol. The number of primary amides is 1. The molecule has 0 aliphatic carbocycles. The third-order valence-corrected chi connectivity index (χ3v) is 3.21. The van der Waals surface area contributed by atoms with Gasteiger partial charge in [-0.25, -0.2) is 0 Å². The minimum Gasteiger partial charge on any atom is -0.481 e. The number of rotatable bonds is 7. The Balaban J connectivity index is 2.41. The number of nitrogens with one attached hydrogen (secondary N) is 1. The molecule has 3 N–H and O–H groups in total. The van der Waals surface area contributed by atoms with Crippen molar-refractivity contribution in [3.63, 3.8) is 0 Å². The van der Waals surface area contributed by atoms with E-state index in [1.807, 2.05) is 0 Å². The molecule has 0 aliphatic rings. The van der Waals surface area contributed by atoms with Crippen molar-refractivity contribution < 1.29 is 14.3 Å². The molecule has 0 bridgehead atoms. The molecule has 110 valence electrons. The van der Waals surface area contributed by atoms with Crippen molar-refractivity contribution in [1.82, 2.24) is 5.32 Å². The fourth-order valence-electron chi connectivity index (χ4n) is 1.43. The molecule has 0 spiro atoms. The molecule has 0 saturated heterocycles. The molecule has 0 heterocycles. The van der Waals surface area contributed by atoms with E-state index in [4.69, 9.17) is 33.7 Å². The van der Waals surface area contributed by atoms with Crippen LogP contribution in [-0.2, 0) is 9.59 Å². The number of carbonyl (C=O) groups excluding carboxylic acids is 2. The molecule has 0 aromatic heterocycles. The van der Waals surface area contributed by atoms with Crippen LogP contribution in [0.1, 0.15) is 19.8 Å². The zero-order valence-corrected chi connectivity index (χ0v) is 12.5. The minimum absolute atomic E-state index is 0.238. The fourth-order valence-corrected chi connectivity index (χ4v) is 1.71. The maximum atomic E-state index is 11.7. The lowest BCUT2D eigenvalue weighted by Crippen LogP contribution is -2.37. The van der Waals surface area contributed by atoms with Gasteiger partial charge in [0.1, 0.15) is 5.75 Å². The van der Waals surface area contributed by atoms with Crippen LogP contribution in [0.15, 0.2) is 18.2 Å². The van der Waals surface area contributed by atoms with E-state index in [2.05, 4.69) is 5.32 Å². The van der Waals surface area contributed by atoms with Gasteiger partial charge >= 0.3 is 0 Å². The van der Waals surface area contributed by atoms with Gasteiger partial charge in [0, 0.05) is 19.0 Å².